The Morgan fingerprint density at radius 1 is 0.913 bits per heavy atom. The summed E-state index contributed by atoms with van der Waals surface area (Å²) in [5, 5.41) is 5.28. The van der Waals surface area contributed by atoms with Crippen molar-refractivity contribution >= 4 is 23.3 Å². The molecule has 0 atom stereocenters. The Morgan fingerprint density at radius 3 is 2.17 bits per heavy atom. The predicted octanol–water partition coefficient (Wildman–Crippen LogP) is 2.45. The number of para-hydroxylation sites is 2. The van der Waals surface area contributed by atoms with E-state index >= 15 is 0 Å². The van der Waals surface area contributed by atoms with Crippen molar-refractivity contribution in [2.45, 2.75) is 0 Å². The van der Waals surface area contributed by atoms with Crippen LogP contribution in [0.25, 0.3) is 0 Å². The average molecular weight is 315 g/mol. The monoisotopic (exact) mass is 315 g/mol. The van der Waals surface area contributed by atoms with Crippen molar-refractivity contribution in [1.29, 1.82) is 0 Å². The second kappa shape index (κ2) is 7.17. The van der Waals surface area contributed by atoms with E-state index in [-0.39, 0.29) is 5.56 Å². The summed E-state index contributed by atoms with van der Waals surface area (Å²) < 4.78 is 10.3. The van der Waals surface area contributed by atoms with Gasteiger partial charge in [-0.1, -0.05) is 12.1 Å². The molecule has 0 heterocycles. The minimum absolute atomic E-state index is 0.262. The number of nitrogens with one attached hydrogen (secondary N) is 2. The van der Waals surface area contributed by atoms with Gasteiger partial charge in [-0.2, -0.15) is 0 Å². The Balaban J connectivity index is 2.19. The van der Waals surface area contributed by atoms with Gasteiger partial charge in [-0.15, -0.1) is 0 Å². The molecule has 7 heteroatoms. The van der Waals surface area contributed by atoms with Crippen molar-refractivity contribution in [2.75, 3.05) is 24.9 Å². The summed E-state index contributed by atoms with van der Waals surface area (Å²) in [6.45, 7) is 0. The molecule has 0 unspecified atom stereocenters. The quantitative estimate of drug-likeness (QED) is 0.788. The molecule has 0 fully saturated rings. The molecule has 0 saturated heterocycles. The number of primary amides is 1. The van der Waals surface area contributed by atoms with E-state index in [9.17, 15) is 9.59 Å². The van der Waals surface area contributed by atoms with Crippen LogP contribution in [0.2, 0.25) is 0 Å². The summed E-state index contributed by atoms with van der Waals surface area (Å²) in [5.74, 6) is 0.339. The number of benzene rings is 2. The summed E-state index contributed by atoms with van der Waals surface area (Å²) in [6.07, 6.45) is 0. The van der Waals surface area contributed by atoms with Gasteiger partial charge in [0.1, 0.15) is 11.5 Å². The van der Waals surface area contributed by atoms with Gasteiger partial charge >= 0.3 is 6.03 Å². The number of amides is 3. The van der Waals surface area contributed by atoms with Crippen LogP contribution in [0.5, 0.6) is 11.5 Å². The number of carbonyl (C=O) groups excluding carboxylic acids is 2. The number of ether oxygens (including phenoxy) is 2. The lowest BCUT2D eigenvalue weighted by atomic mass is 10.2. The van der Waals surface area contributed by atoms with Crippen LogP contribution >= 0.6 is 0 Å². The number of hydrogen-bond donors (Lipinski definition) is 3. The third-order valence-corrected chi connectivity index (χ3v) is 3.09. The fraction of sp³-hybridized carbons (Fsp3) is 0.125. The predicted molar refractivity (Wildman–Crippen MR) is 87.1 cm³/mol. The standard InChI is InChI=1S/C16H17N3O4/c1-22-13-6-4-3-5-11(13)18-16(21)19-12-9-10(15(17)20)7-8-14(12)23-2/h3-9H,1-2H3,(H2,17,20)(H2,18,19,21). The van der Waals surface area contributed by atoms with Crippen LogP contribution in [0.4, 0.5) is 16.2 Å². The minimum atomic E-state index is -0.596. The minimum Gasteiger partial charge on any atom is -0.495 e. The first-order valence-electron chi connectivity index (χ1n) is 6.74. The Kier molecular flexibility index (Phi) is 5.03. The first kappa shape index (κ1) is 16.2. The van der Waals surface area contributed by atoms with Gasteiger partial charge < -0.3 is 25.8 Å². The molecule has 2 aromatic carbocycles. The molecule has 7 nitrogen and oxygen atoms in total. The van der Waals surface area contributed by atoms with Crippen LogP contribution in [0, 0.1) is 0 Å². The van der Waals surface area contributed by atoms with E-state index in [0.717, 1.165) is 0 Å². The molecule has 0 aliphatic rings. The Hall–Kier alpha value is -3.22. The first-order valence-corrected chi connectivity index (χ1v) is 6.74. The van der Waals surface area contributed by atoms with E-state index in [1.165, 1.54) is 26.4 Å². The normalized spacial score (nSPS) is 9.83. The molecule has 0 spiro atoms. The fourth-order valence-corrected chi connectivity index (χ4v) is 1.98. The molecular formula is C16H17N3O4. The van der Waals surface area contributed by atoms with E-state index in [0.29, 0.717) is 22.9 Å². The highest BCUT2D eigenvalue weighted by atomic mass is 16.5. The van der Waals surface area contributed by atoms with E-state index in [1.807, 2.05) is 0 Å². The SMILES string of the molecule is COc1ccccc1NC(=O)Nc1cc(C(N)=O)ccc1OC. The molecule has 0 saturated carbocycles. The Labute approximate surface area is 133 Å². The molecule has 120 valence electrons. The van der Waals surface area contributed by atoms with Crippen molar-refractivity contribution in [1.82, 2.24) is 0 Å². The number of anilines is 2. The van der Waals surface area contributed by atoms with Crippen molar-refractivity contribution in [3.63, 3.8) is 0 Å². The topological polar surface area (TPSA) is 103 Å². The van der Waals surface area contributed by atoms with Crippen LogP contribution in [0.1, 0.15) is 10.4 Å². The third kappa shape index (κ3) is 3.91. The largest absolute Gasteiger partial charge is 0.495 e. The average Bonchev–Trinajstić information content (AvgIpc) is 2.55. The molecule has 0 radical (unpaired) electrons. The van der Waals surface area contributed by atoms with Crippen LogP contribution in [-0.2, 0) is 0 Å². The van der Waals surface area contributed by atoms with Gasteiger partial charge in [0.25, 0.3) is 0 Å². The number of urea groups is 1. The molecule has 3 amide bonds. The molecule has 0 bridgehead atoms. The fourth-order valence-electron chi connectivity index (χ4n) is 1.98. The van der Waals surface area contributed by atoms with Crippen molar-refractivity contribution in [2.24, 2.45) is 5.73 Å². The lowest BCUT2D eigenvalue weighted by Gasteiger charge is -2.13. The van der Waals surface area contributed by atoms with Crippen LogP contribution in [0.3, 0.4) is 0 Å². The molecule has 0 aromatic heterocycles. The zero-order chi connectivity index (χ0) is 16.8. The number of methoxy groups -OCH3 is 2. The summed E-state index contributed by atoms with van der Waals surface area (Å²) in [6, 6.07) is 11.0. The van der Waals surface area contributed by atoms with E-state index in [4.69, 9.17) is 15.2 Å². The second-order valence-electron chi connectivity index (χ2n) is 4.56. The van der Waals surface area contributed by atoms with Crippen LogP contribution in [-0.4, -0.2) is 26.2 Å². The maximum Gasteiger partial charge on any atom is 0.323 e. The van der Waals surface area contributed by atoms with Crippen LogP contribution in [0.15, 0.2) is 42.5 Å². The second-order valence-corrected chi connectivity index (χ2v) is 4.56. The van der Waals surface area contributed by atoms with Crippen molar-refractivity contribution in [3.8, 4) is 11.5 Å². The summed E-state index contributed by atoms with van der Waals surface area (Å²) in [7, 11) is 2.97. The van der Waals surface area contributed by atoms with E-state index < -0.39 is 11.9 Å². The van der Waals surface area contributed by atoms with Crippen LogP contribution < -0.4 is 25.8 Å². The summed E-state index contributed by atoms with van der Waals surface area (Å²) >= 11 is 0. The van der Waals surface area contributed by atoms with Gasteiger partial charge in [-0.25, -0.2) is 4.79 Å². The number of carbonyl (C=O) groups is 2. The van der Waals surface area contributed by atoms with Gasteiger partial charge in [0.05, 0.1) is 25.6 Å². The zero-order valence-corrected chi connectivity index (χ0v) is 12.8. The van der Waals surface area contributed by atoms with E-state index in [1.54, 1.807) is 30.3 Å². The smallest absolute Gasteiger partial charge is 0.323 e. The number of nitrogens with two attached hydrogens (primary N) is 1. The molecule has 0 aliphatic heterocycles. The Bertz CT molecular complexity index is 731. The Morgan fingerprint density at radius 2 is 1.52 bits per heavy atom. The highest BCUT2D eigenvalue weighted by Gasteiger charge is 2.12. The zero-order valence-electron chi connectivity index (χ0n) is 12.8. The summed E-state index contributed by atoms with van der Waals surface area (Å²) in [5.41, 5.74) is 6.35. The van der Waals surface area contributed by atoms with Gasteiger partial charge in [-0.3, -0.25) is 4.79 Å². The lowest BCUT2D eigenvalue weighted by molar-refractivity contribution is 0.1000. The third-order valence-electron chi connectivity index (χ3n) is 3.09. The highest BCUT2D eigenvalue weighted by molar-refractivity contribution is 6.03. The number of hydrogen-bond acceptors (Lipinski definition) is 4. The van der Waals surface area contributed by atoms with Crippen molar-refractivity contribution in [3.05, 3.63) is 48.0 Å². The van der Waals surface area contributed by atoms with Gasteiger partial charge in [0.2, 0.25) is 5.91 Å². The van der Waals surface area contributed by atoms with E-state index in [2.05, 4.69) is 10.6 Å². The molecule has 0 aliphatic carbocycles. The molecule has 23 heavy (non-hydrogen) atoms. The summed E-state index contributed by atoms with van der Waals surface area (Å²) in [4.78, 5) is 23.4. The maximum atomic E-state index is 12.1. The maximum absolute atomic E-state index is 12.1. The first-order chi connectivity index (χ1) is 11.0. The van der Waals surface area contributed by atoms with Gasteiger partial charge in [0, 0.05) is 5.56 Å². The van der Waals surface area contributed by atoms with Crippen molar-refractivity contribution < 1.29 is 19.1 Å². The van der Waals surface area contributed by atoms with Gasteiger partial charge in [-0.05, 0) is 30.3 Å². The number of rotatable bonds is 5. The van der Waals surface area contributed by atoms with Gasteiger partial charge in [0.15, 0.2) is 0 Å². The highest BCUT2D eigenvalue weighted by Crippen LogP contribution is 2.27. The molecule has 4 N–H and O–H groups in total. The molecule has 2 aromatic rings. The molecule has 2 rings (SSSR count). The lowest BCUT2D eigenvalue weighted by Crippen LogP contribution is -2.21. The molecular weight excluding hydrogens is 298 g/mol.